The van der Waals surface area contributed by atoms with Gasteiger partial charge in [0.05, 0.1) is 15.4 Å². The molecule has 2 heterocycles. The molecule has 0 saturated carbocycles. The molecule has 10 heteroatoms. The molecule has 7 nitrogen and oxygen atoms in total. The Morgan fingerprint density at radius 1 is 1.18 bits per heavy atom. The van der Waals surface area contributed by atoms with E-state index < -0.39 is 6.10 Å². The number of carbonyl (C=O) groups is 1. The van der Waals surface area contributed by atoms with Crippen molar-refractivity contribution in [3.63, 3.8) is 0 Å². The number of nitrogens with zero attached hydrogens (tertiary/aromatic N) is 2. The molecule has 0 spiro atoms. The summed E-state index contributed by atoms with van der Waals surface area (Å²) in [4.78, 5) is 21.7. The number of anilines is 1. The highest BCUT2D eigenvalue weighted by molar-refractivity contribution is 9.10. The van der Waals surface area contributed by atoms with Gasteiger partial charge in [-0.1, -0.05) is 64.2 Å². The number of aliphatic hydroxyl groups is 1. The van der Waals surface area contributed by atoms with E-state index >= 15 is 0 Å². The summed E-state index contributed by atoms with van der Waals surface area (Å²) in [7, 11) is 0. The molecule has 0 unspecified atom stereocenters. The lowest BCUT2D eigenvalue weighted by Crippen LogP contribution is -2.29. The first-order valence-corrected chi connectivity index (χ1v) is 12.2. The maximum atomic E-state index is 12.6. The van der Waals surface area contributed by atoms with E-state index in [1.807, 2.05) is 30.3 Å². The SMILES string of the molecule is C=C(Nc1ccccn1)S/C(=C\N)Sc1ccnc(C(=O)NC[C@@H](O)c2cccc(Br)c2)c1. The zero-order chi connectivity index (χ0) is 23.6. The Balaban J connectivity index is 1.56. The van der Waals surface area contributed by atoms with Crippen LogP contribution in [0.5, 0.6) is 0 Å². The van der Waals surface area contributed by atoms with E-state index in [1.165, 1.54) is 29.7 Å². The van der Waals surface area contributed by atoms with Crippen molar-refractivity contribution < 1.29 is 9.90 Å². The van der Waals surface area contributed by atoms with Gasteiger partial charge in [0.2, 0.25) is 0 Å². The number of hydrogen-bond donors (Lipinski definition) is 4. The van der Waals surface area contributed by atoms with Crippen LogP contribution in [0.1, 0.15) is 22.2 Å². The summed E-state index contributed by atoms with van der Waals surface area (Å²) >= 11 is 6.12. The Labute approximate surface area is 209 Å². The van der Waals surface area contributed by atoms with Gasteiger partial charge in [-0.05, 0) is 42.0 Å². The van der Waals surface area contributed by atoms with Gasteiger partial charge in [-0.2, -0.15) is 0 Å². The molecule has 3 rings (SSSR count). The Morgan fingerprint density at radius 2 is 2.03 bits per heavy atom. The minimum absolute atomic E-state index is 0.0666. The lowest BCUT2D eigenvalue weighted by Gasteiger charge is -2.13. The average molecular weight is 545 g/mol. The number of rotatable bonds is 10. The van der Waals surface area contributed by atoms with Crippen LogP contribution in [-0.2, 0) is 0 Å². The third kappa shape index (κ3) is 7.93. The van der Waals surface area contributed by atoms with Crippen LogP contribution in [-0.4, -0.2) is 27.5 Å². The molecule has 1 aromatic carbocycles. The quantitative estimate of drug-likeness (QED) is 0.268. The van der Waals surface area contributed by atoms with Gasteiger partial charge in [0.15, 0.2) is 0 Å². The van der Waals surface area contributed by atoms with Gasteiger partial charge in [0.1, 0.15) is 11.5 Å². The fourth-order valence-corrected chi connectivity index (χ4v) is 4.88. The van der Waals surface area contributed by atoms with E-state index in [-0.39, 0.29) is 18.1 Å². The molecule has 1 atom stereocenters. The fourth-order valence-electron chi connectivity index (χ4n) is 2.64. The van der Waals surface area contributed by atoms with Gasteiger partial charge in [-0.25, -0.2) is 4.98 Å². The molecule has 2 aromatic heterocycles. The zero-order valence-corrected chi connectivity index (χ0v) is 20.7. The van der Waals surface area contributed by atoms with Crippen LogP contribution in [0.4, 0.5) is 5.82 Å². The highest BCUT2D eigenvalue weighted by atomic mass is 79.9. The second-order valence-electron chi connectivity index (χ2n) is 6.61. The minimum atomic E-state index is -0.829. The van der Waals surface area contributed by atoms with Crippen molar-refractivity contribution >= 4 is 51.2 Å². The molecular weight excluding hydrogens is 522 g/mol. The number of hydrogen-bond acceptors (Lipinski definition) is 8. The summed E-state index contributed by atoms with van der Waals surface area (Å²) in [5, 5.41) is 16.8. The first kappa shape index (κ1) is 24.8. The van der Waals surface area contributed by atoms with Gasteiger partial charge in [-0.3, -0.25) is 9.78 Å². The minimum Gasteiger partial charge on any atom is -0.403 e. The fraction of sp³-hybridized carbons (Fsp3) is 0.0870. The maximum Gasteiger partial charge on any atom is 0.270 e. The van der Waals surface area contributed by atoms with E-state index in [0.29, 0.717) is 16.4 Å². The molecule has 5 N–H and O–H groups in total. The molecular formula is C23H22BrN5O2S2. The number of benzene rings is 1. The van der Waals surface area contributed by atoms with E-state index in [9.17, 15) is 9.90 Å². The number of aliphatic hydroxyl groups excluding tert-OH is 1. The summed E-state index contributed by atoms with van der Waals surface area (Å²) in [5.41, 5.74) is 6.74. The van der Waals surface area contributed by atoms with Crippen LogP contribution in [0.25, 0.3) is 0 Å². The van der Waals surface area contributed by atoms with Crippen molar-refractivity contribution in [3.05, 3.63) is 105 Å². The van der Waals surface area contributed by atoms with E-state index in [1.54, 1.807) is 36.7 Å². The number of pyridine rings is 2. The molecule has 33 heavy (non-hydrogen) atoms. The Bertz CT molecular complexity index is 1140. The Hall–Kier alpha value is -2.79. The average Bonchev–Trinajstić information content (AvgIpc) is 2.82. The molecule has 0 bridgehead atoms. The summed E-state index contributed by atoms with van der Waals surface area (Å²) in [6.07, 6.45) is 3.90. The molecule has 0 aliphatic heterocycles. The zero-order valence-electron chi connectivity index (χ0n) is 17.4. The number of carbonyl (C=O) groups excluding carboxylic acids is 1. The smallest absolute Gasteiger partial charge is 0.270 e. The third-order valence-corrected chi connectivity index (χ3v) is 6.67. The van der Waals surface area contributed by atoms with Crippen LogP contribution >= 0.6 is 39.5 Å². The number of aromatic nitrogens is 2. The highest BCUT2D eigenvalue weighted by Crippen LogP contribution is 2.37. The second-order valence-corrected chi connectivity index (χ2v) is 10.0. The maximum absolute atomic E-state index is 12.6. The van der Waals surface area contributed by atoms with Crippen molar-refractivity contribution in [1.82, 2.24) is 15.3 Å². The predicted octanol–water partition coefficient (Wildman–Crippen LogP) is 4.87. The summed E-state index contributed by atoms with van der Waals surface area (Å²) in [6.45, 7) is 4.06. The van der Waals surface area contributed by atoms with E-state index in [4.69, 9.17) is 5.73 Å². The lowest BCUT2D eigenvalue weighted by molar-refractivity contribution is 0.0911. The second kappa shape index (κ2) is 12.4. The van der Waals surface area contributed by atoms with Crippen LogP contribution < -0.4 is 16.4 Å². The highest BCUT2D eigenvalue weighted by Gasteiger charge is 2.13. The predicted molar refractivity (Wildman–Crippen MR) is 138 cm³/mol. The normalized spacial score (nSPS) is 12.1. The standard InChI is InChI=1S/C23H22BrN5O2S2/c1-15(29-21-7-2-3-9-27-21)32-22(13-25)33-18-8-10-26-19(12-18)23(31)28-14-20(30)16-5-4-6-17(24)11-16/h2-13,20,30H,1,14,25H2,(H,27,29)(H,28,31)/b22-13+/t20-/m1/s1. The van der Waals surface area contributed by atoms with Crippen LogP contribution in [0.15, 0.2) is 98.4 Å². The lowest BCUT2D eigenvalue weighted by atomic mass is 10.1. The molecule has 3 aromatic rings. The topological polar surface area (TPSA) is 113 Å². The third-order valence-electron chi connectivity index (χ3n) is 4.16. The van der Waals surface area contributed by atoms with Gasteiger partial charge >= 0.3 is 0 Å². The van der Waals surface area contributed by atoms with E-state index in [0.717, 1.165) is 13.6 Å². The van der Waals surface area contributed by atoms with Crippen LogP contribution in [0.3, 0.4) is 0 Å². The van der Waals surface area contributed by atoms with Crippen molar-refractivity contribution in [1.29, 1.82) is 0 Å². The molecule has 0 aliphatic rings. The number of thioether (sulfide) groups is 2. The number of nitrogens with one attached hydrogen (secondary N) is 2. The van der Waals surface area contributed by atoms with Crippen molar-refractivity contribution in [3.8, 4) is 0 Å². The van der Waals surface area contributed by atoms with Gasteiger partial charge in [0, 0.05) is 34.5 Å². The van der Waals surface area contributed by atoms with Crippen LogP contribution in [0, 0.1) is 0 Å². The Morgan fingerprint density at radius 3 is 2.76 bits per heavy atom. The summed E-state index contributed by atoms with van der Waals surface area (Å²) < 4.78 is 1.63. The summed E-state index contributed by atoms with van der Waals surface area (Å²) in [6, 6.07) is 16.3. The number of halogens is 1. The Kier molecular flexibility index (Phi) is 9.37. The summed E-state index contributed by atoms with van der Waals surface area (Å²) in [5.74, 6) is 0.308. The first-order chi connectivity index (χ1) is 15.9. The van der Waals surface area contributed by atoms with Gasteiger partial charge in [-0.15, -0.1) is 0 Å². The van der Waals surface area contributed by atoms with Gasteiger partial charge < -0.3 is 21.5 Å². The van der Waals surface area contributed by atoms with Gasteiger partial charge in [0.25, 0.3) is 5.91 Å². The van der Waals surface area contributed by atoms with Crippen molar-refractivity contribution in [2.45, 2.75) is 11.0 Å². The van der Waals surface area contributed by atoms with E-state index in [2.05, 4.69) is 43.1 Å². The molecule has 0 fully saturated rings. The molecule has 0 saturated heterocycles. The largest absolute Gasteiger partial charge is 0.403 e. The first-order valence-electron chi connectivity index (χ1n) is 9.77. The molecule has 1 amide bonds. The molecule has 0 radical (unpaired) electrons. The number of nitrogens with two attached hydrogens (primary N) is 1. The molecule has 0 aliphatic carbocycles. The molecule has 170 valence electrons. The van der Waals surface area contributed by atoms with Crippen LogP contribution in [0.2, 0.25) is 0 Å². The monoisotopic (exact) mass is 543 g/mol. The number of amides is 1. The van der Waals surface area contributed by atoms with Crippen molar-refractivity contribution in [2.24, 2.45) is 5.73 Å². The van der Waals surface area contributed by atoms with Crippen molar-refractivity contribution in [2.75, 3.05) is 11.9 Å².